The number of carbonyl (C=O) groups excluding carboxylic acids is 1. The van der Waals surface area contributed by atoms with Gasteiger partial charge in [0.05, 0.1) is 0 Å². The van der Waals surface area contributed by atoms with Crippen LogP contribution in [0.15, 0.2) is 0 Å². The molecular weight excluding hydrogens is 188 g/mol. The summed E-state index contributed by atoms with van der Waals surface area (Å²) in [5.74, 6) is 1.74. The monoisotopic (exact) mass is 210 g/mol. The van der Waals surface area contributed by atoms with Crippen molar-refractivity contribution in [3.8, 4) is 0 Å². The van der Waals surface area contributed by atoms with E-state index < -0.39 is 0 Å². The minimum atomic E-state index is 0.352. The van der Waals surface area contributed by atoms with Crippen LogP contribution in [0, 0.1) is 11.8 Å². The van der Waals surface area contributed by atoms with Crippen LogP contribution >= 0.6 is 0 Å². The number of amides is 1. The molecule has 86 valence electrons. The van der Waals surface area contributed by atoms with Gasteiger partial charge in [-0.3, -0.25) is 4.79 Å². The van der Waals surface area contributed by atoms with Gasteiger partial charge in [0.15, 0.2) is 0 Å². The Balaban J connectivity index is 1.78. The summed E-state index contributed by atoms with van der Waals surface area (Å²) in [6.07, 6.45) is 5.63. The van der Waals surface area contributed by atoms with Crippen molar-refractivity contribution in [1.82, 2.24) is 4.90 Å². The maximum Gasteiger partial charge on any atom is 0.222 e. The van der Waals surface area contributed by atoms with Gasteiger partial charge >= 0.3 is 0 Å². The molecule has 1 saturated heterocycles. The molecule has 1 amide bonds. The van der Waals surface area contributed by atoms with Crippen molar-refractivity contribution >= 4 is 5.91 Å². The number of nitrogens with zero attached hydrogens (tertiary/aromatic N) is 1. The van der Waals surface area contributed by atoms with E-state index in [1.807, 2.05) is 4.90 Å². The summed E-state index contributed by atoms with van der Waals surface area (Å²) in [4.78, 5) is 14.0. The van der Waals surface area contributed by atoms with E-state index in [2.05, 4.69) is 6.92 Å². The van der Waals surface area contributed by atoms with Crippen molar-refractivity contribution in [2.75, 3.05) is 13.1 Å². The first kappa shape index (κ1) is 10.9. The molecule has 1 saturated carbocycles. The van der Waals surface area contributed by atoms with Crippen molar-refractivity contribution in [3.63, 3.8) is 0 Å². The Morgan fingerprint density at radius 3 is 2.67 bits per heavy atom. The minimum Gasteiger partial charge on any atom is -0.340 e. The highest BCUT2D eigenvalue weighted by Crippen LogP contribution is 2.34. The van der Waals surface area contributed by atoms with Gasteiger partial charge < -0.3 is 10.6 Å². The highest BCUT2D eigenvalue weighted by atomic mass is 16.2. The molecule has 2 atom stereocenters. The molecule has 2 aliphatic rings. The van der Waals surface area contributed by atoms with Crippen molar-refractivity contribution in [2.45, 2.75) is 45.1 Å². The normalized spacial score (nSPS) is 30.9. The van der Waals surface area contributed by atoms with Crippen LogP contribution in [-0.2, 0) is 4.79 Å². The lowest BCUT2D eigenvalue weighted by molar-refractivity contribution is -0.132. The SMILES string of the molecule is CC1CC(CN)CN1C(=O)CCC1CC1. The fourth-order valence-electron chi connectivity index (χ4n) is 2.54. The summed E-state index contributed by atoms with van der Waals surface area (Å²) < 4.78 is 0. The third kappa shape index (κ3) is 2.71. The average molecular weight is 210 g/mol. The van der Waals surface area contributed by atoms with Crippen LogP contribution < -0.4 is 5.73 Å². The number of hydrogen-bond donors (Lipinski definition) is 1. The molecule has 0 aromatic rings. The van der Waals surface area contributed by atoms with Gasteiger partial charge in [-0.15, -0.1) is 0 Å². The molecule has 3 heteroatoms. The second-order valence-corrected chi connectivity index (χ2v) is 5.21. The average Bonchev–Trinajstić information content (AvgIpc) is 2.97. The largest absolute Gasteiger partial charge is 0.340 e. The molecule has 3 nitrogen and oxygen atoms in total. The lowest BCUT2D eigenvalue weighted by Gasteiger charge is -2.21. The first-order chi connectivity index (χ1) is 7.20. The Morgan fingerprint density at radius 1 is 1.40 bits per heavy atom. The van der Waals surface area contributed by atoms with Crippen molar-refractivity contribution in [1.29, 1.82) is 0 Å². The first-order valence-corrected chi connectivity index (χ1v) is 6.20. The van der Waals surface area contributed by atoms with Crippen LogP contribution in [0.25, 0.3) is 0 Å². The zero-order valence-corrected chi connectivity index (χ0v) is 9.61. The predicted octanol–water partition coefficient (Wildman–Crippen LogP) is 1.37. The van der Waals surface area contributed by atoms with Crippen LogP contribution in [-0.4, -0.2) is 29.9 Å². The summed E-state index contributed by atoms with van der Waals surface area (Å²) in [5, 5.41) is 0. The van der Waals surface area contributed by atoms with Crippen molar-refractivity contribution in [3.05, 3.63) is 0 Å². The number of nitrogens with two attached hydrogens (primary N) is 1. The smallest absolute Gasteiger partial charge is 0.222 e. The maximum atomic E-state index is 11.9. The van der Waals surface area contributed by atoms with E-state index in [0.717, 1.165) is 38.3 Å². The Bertz CT molecular complexity index is 238. The second kappa shape index (κ2) is 4.52. The van der Waals surface area contributed by atoms with E-state index >= 15 is 0 Å². The van der Waals surface area contributed by atoms with E-state index in [4.69, 9.17) is 5.73 Å². The van der Waals surface area contributed by atoms with E-state index in [1.165, 1.54) is 12.8 Å². The van der Waals surface area contributed by atoms with E-state index in [1.54, 1.807) is 0 Å². The number of rotatable bonds is 4. The molecule has 1 aliphatic carbocycles. The number of carbonyl (C=O) groups is 1. The van der Waals surface area contributed by atoms with Gasteiger partial charge in [-0.25, -0.2) is 0 Å². The first-order valence-electron chi connectivity index (χ1n) is 6.20. The molecule has 0 radical (unpaired) electrons. The molecule has 0 aromatic carbocycles. The fraction of sp³-hybridized carbons (Fsp3) is 0.917. The fourth-order valence-corrected chi connectivity index (χ4v) is 2.54. The standard InChI is InChI=1S/C12H22N2O/c1-9-6-11(7-13)8-14(9)12(15)5-4-10-2-3-10/h9-11H,2-8,13H2,1H3. The van der Waals surface area contributed by atoms with E-state index in [-0.39, 0.29) is 0 Å². The molecule has 2 fully saturated rings. The molecule has 0 aromatic heterocycles. The van der Waals surface area contributed by atoms with Crippen LogP contribution in [0.1, 0.15) is 39.0 Å². The Labute approximate surface area is 92.0 Å². The second-order valence-electron chi connectivity index (χ2n) is 5.21. The zero-order valence-electron chi connectivity index (χ0n) is 9.61. The summed E-state index contributed by atoms with van der Waals surface area (Å²) in [5.41, 5.74) is 5.65. The zero-order chi connectivity index (χ0) is 10.8. The third-order valence-corrected chi connectivity index (χ3v) is 3.78. The molecular formula is C12H22N2O. The Kier molecular flexibility index (Phi) is 3.29. The van der Waals surface area contributed by atoms with Gasteiger partial charge in [-0.2, -0.15) is 0 Å². The molecule has 0 bridgehead atoms. The van der Waals surface area contributed by atoms with Gasteiger partial charge in [0.1, 0.15) is 0 Å². The Hall–Kier alpha value is -0.570. The van der Waals surface area contributed by atoms with E-state index in [9.17, 15) is 4.79 Å². The number of hydrogen-bond acceptors (Lipinski definition) is 2. The highest BCUT2D eigenvalue weighted by Gasteiger charge is 2.32. The molecule has 2 unspecified atom stereocenters. The van der Waals surface area contributed by atoms with Gasteiger partial charge in [0.25, 0.3) is 0 Å². The molecule has 1 aliphatic heterocycles. The highest BCUT2D eigenvalue weighted by molar-refractivity contribution is 5.76. The molecule has 15 heavy (non-hydrogen) atoms. The molecule has 0 spiro atoms. The third-order valence-electron chi connectivity index (χ3n) is 3.78. The van der Waals surface area contributed by atoms with Gasteiger partial charge in [0, 0.05) is 19.0 Å². The minimum absolute atomic E-state index is 0.352. The van der Waals surface area contributed by atoms with Crippen molar-refractivity contribution < 1.29 is 4.79 Å². The summed E-state index contributed by atoms with van der Waals surface area (Å²) >= 11 is 0. The molecule has 2 N–H and O–H groups in total. The van der Waals surface area contributed by atoms with Crippen LogP contribution in [0.2, 0.25) is 0 Å². The lowest BCUT2D eigenvalue weighted by atomic mass is 10.1. The maximum absolute atomic E-state index is 11.9. The van der Waals surface area contributed by atoms with E-state index in [0.29, 0.717) is 17.9 Å². The van der Waals surface area contributed by atoms with Gasteiger partial charge in [-0.1, -0.05) is 12.8 Å². The predicted molar refractivity (Wildman–Crippen MR) is 60.3 cm³/mol. The quantitative estimate of drug-likeness (QED) is 0.762. The lowest BCUT2D eigenvalue weighted by Crippen LogP contribution is -2.34. The summed E-state index contributed by atoms with van der Waals surface area (Å²) in [6, 6.07) is 0.408. The van der Waals surface area contributed by atoms with Crippen molar-refractivity contribution in [2.24, 2.45) is 17.6 Å². The van der Waals surface area contributed by atoms with Gasteiger partial charge in [-0.05, 0) is 38.1 Å². The van der Waals surface area contributed by atoms with Crippen LogP contribution in [0.4, 0.5) is 0 Å². The summed E-state index contributed by atoms with van der Waals surface area (Å²) in [6.45, 7) is 3.75. The Morgan fingerprint density at radius 2 is 2.13 bits per heavy atom. The number of likely N-dealkylation sites (tertiary alicyclic amines) is 1. The molecule has 2 rings (SSSR count). The van der Waals surface area contributed by atoms with Gasteiger partial charge in [0.2, 0.25) is 5.91 Å². The van der Waals surface area contributed by atoms with Crippen LogP contribution in [0.5, 0.6) is 0 Å². The molecule has 1 heterocycles. The summed E-state index contributed by atoms with van der Waals surface area (Å²) in [7, 11) is 0. The topological polar surface area (TPSA) is 46.3 Å². The van der Waals surface area contributed by atoms with Crippen LogP contribution in [0.3, 0.4) is 0 Å².